The van der Waals surface area contributed by atoms with Gasteiger partial charge in [-0.3, -0.25) is 4.90 Å². The maximum atomic E-state index is 10.8. The zero-order valence-corrected chi connectivity index (χ0v) is 9.51. The van der Waals surface area contributed by atoms with E-state index in [1.165, 1.54) is 11.3 Å². The molecule has 0 aliphatic carbocycles. The zero-order chi connectivity index (χ0) is 10.8. The van der Waals surface area contributed by atoms with Crippen molar-refractivity contribution in [3.8, 4) is 0 Å². The van der Waals surface area contributed by atoms with Gasteiger partial charge in [0.2, 0.25) is 5.01 Å². The van der Waals surface area contributed by atoms with Crippen molar-refractivity contribution < 1.29 is 9.90 Å². The lowest BCUT2D eigenvalue weighted by Crippen LogP contribution is -2.30. The molecule has 0 spiro atoms. The molecule has 0 fully saturated rings. The summed E-state index contributed by atoms with van der Waals surface area (Å²) in [5.41, 5.74) is 0.991. The van der Waals surface area contributed by atoms with Crippen LogP contribution in [0, 0.1) is 0 Å². The molecular formula is C10H14N2O2S. The number of carbonyl (C=O) groups is 1. The van der Waals surface area contributed by atoms with Crippen LogP contribution < -0.4 is 0 Å². The highest BCUT2D eigenvalue weighted by atomic mass is 32.1. The van der Waals surface area contributed by atoms with Crippen molar-refractivity contribution >= 4 is 17.3 Å². The summed E-state index contributed by atoms with van der Waals surface area (Å²) >= 11 is 1.32. The van der Waals surface area contributed by atoms with Crippen LogP contribution >= 0.6 is 11.3 Å². The molecule has 0 saturated carbocycles. The molecule has 0 amide bonds. The summed E-state index contributed by atoms with van der Waals surface area (Å²) in [6.07, 6.45) is 2.03. The van der Waals surface area contributed by atoms with Gasteiger partial charge in [-0.05, 0) is 13.0 Å². The molecule has 1 aliphatic rings. The van der Waals surface area contributed by atoms with E-state index < -0.39 is 5.97 Å². The molecule has 0 unspecified atom stereocenters. The summed E-state index contributed by atoms with van der Waals surface area (Å²) < 4.78 is 0. The van der Waals surface area contributed by atoms with Crippen LogP contribution in [0.15, 0.2) is 0 Å². The standard InChI is InChI=1S/C10H14N2O2S/c1-2-4-12-5-3-7-8(6-12)15-9(11-7)10(13)14/h2-6H2,1H3,(H,13,14). The zero-order valence-electron chi connectivity index (χ0n) is 8.69. The molecule has 1 aromatic heterocycles. The molecule has 2 rings (SSSR count). The van der Waals surface area contributed by atoms with E-state index >= 15 is 0 Å². The highest BCUT2D eigenvalue weighted by Gasteiger charge is 2.21. The Bertz CT molecular complexity index is 375. The van der Waals surface area contributed by atoms with Crippen LogP contribution in [0.25, 0.3) is 0 Å². The molecular weight excluding hydrogens is 212 g/mol. The predicted molar refractivity (Wildman–Crippen MR) is 58.3 cm³/mol. The molecule has 0 radical (unpaired) electrons. The fraction of sp³-hybridized carbons (Fsp3) is 0.600. The third-order valence-corrected chi connectivity index (χ3v) is 3.60. The molecule has 1 N–H and O–H groups in total. The summed E-state index contributed by atoms with van der Waals surface area (Å²) in [6.45, 7) is 5.11. The quantitative estimate of drug-likeness (QED) is 0.850. The smallest absolute Gasteiger partial charge is 0.365 e. The van der Waals surface area contributed by atoms with Gasteiger partial charge in [0.25, 0.3) is 0 Å². The second-order valence-electron chi connectivity index (χ2n) is 3.72. The van der Waals surface area contributed by atoms with Crippen molar-refractivity contribution in [2.75, 3.05) is 13.1 Å². The molecule has 15 heavy (non-hydrogen) atoms. The molecule has 2 heterocycles. The minimum absolute atomic E-state index is 0.235. The first-order valence-corrected chi connectivity index (χ1v) is 5.96. The Morgan fingerprint density at radius 1 is 1.67 bits per heavy atom. The van der Waals surface area contributed by atoms with Crippen molar-refractivity contribution in [2.24, 2.45) is 0 Å². The fourth-order valence-electron chi connectivity index (χ4n) is 1.85. The normalized spacial score (nSPS) is 16.3. The number of carboxylic acids is 1. The maximum absolute atomic E-state index is 10.8. The molecule has 82 valence electrons. The van der Waals surface area contributed by atoms with Crippen molar-refractivity contribution in [3.63, 3.8) is 0 Å². The van der Waals surface area contributed by atoms with Crippen LogP contribution in [0.2, 0.25) is 0 Å². The number of aromatic nitrogens is 1. The summed E-state index contributed by atoms with van der Waals surface area (Å²) in [5, 5.41) is 9.07. The van der Waals surface area contributed by atoms with Gasteiger partial charge in [0, 0.05) is 24.4 Å². The van der Waals surface area contributed by atoms with Crippen LogP contribution in [0.4, 0.5) is 0 Å². The average Bonchev–Trinajstić information content (AvgIpc) is 2.61. The Balaban J connectivity index is 2.15. The van der Waals surface area contributed by atoms with E-state index in [4.69, 9.17) is 5.11 Å². The van der Waals surface area contributed by atoms with Gasteiger partial charge < -0.3 is 5.11 Å². The van der Waals surface area contributed by atoms with E-state index in [2.05, 4.69) is 16.8 Å². The second-order valence-corrected chi connectivity index (χ2v) is 4.80. The van der Waals surface area contributed by atoms with Crippen LogP contribution in [-0.4, -0.2) is 34.0 Å². The molecule has 1 aliphatic heterocycles. The average molecular weight is 226 g/mol. The fourth-order valence-corrected chi connectivity index (χ4v) is 2.84. The highest BCUT2D eigenvalue weighted by Crippen LogP contribution is 2.25. The summed E-state index contributed by atoms with van der Waals surface area (Å²) in [5.74, 6) is -0.906. The van der Waals surface area contributed by atoms with E-state index in [1.807, 2.05) is 0 Å². The lowest BCUT2D eigenvalue weighted by atomic mass is 10.2. The number of rotatable bonds is 3. The number of carboxylic acid groups (broad SMARTS) is 1. The topological polar surface area (TPSA) is 53.4 Å². The number of thiazole rings is 1. The largest absolute Gasteiger partial charge is 0.476 e. The molecule has 5 heteroatoms. The van der Waals surface area contributed by atoms with Crippen LogP contribution in [0.1, 0.15) is 33.7 Å². The predicted octanol–water partition coefficient (Wildman–Crippen LogP) is 1.61. The van der Waals surface area contributed by atoms with Crippen molar-refractivity contribution in [1.29, 1.82) is 0 Å². The summed E-state index contributed by atoms with van der Waals surface area (Å²) in [4.78, 5) is 18.4. The number of hydrogen-bond donors (Lipinski definition) is 1. The molecule has 0 bridgehead atoms. The first-order valence-electron chi connectivity index (χ1n) is 5.15. The van der Waals surface area contributed by atoms with Crippen LogP contribution in [0.5, 0.6) is 0 Å². The van der Waals surface area contributed by atoms with Gasteiger partial charge in [0.1, 0.15) is 0 Å². The number of fused-ring (bicyclic) bond motifs is 1. The first-order chi connectivity index (χ1) is 7.20. The molecule has 4 nitrogen and oxygen atoms in total. The third kappa shape index (κ3) is 2.18. The number of aromatic carboxylic acids is 1. The van der Waals surface area contributed by atoms with Gasteiger partial charge in [-0.15, -0.1) is 11.3 Å². The lowest BCUT2D eigenvalue weighted by molar-refractivity contribution is 0.0696. The van der Waals surface area contributed by atoms with Crippen LogP contribution in [-0.2, 0) is 13.0 Å². The molecule has 0 saturated heterocycles. The van der Waals surface area contributed by atoms with Gasteiger partial charge >= 0.3 is 5.97 Å². The number of hydrogen-bond acceptors (Lipinski definition) is 4. The monoisotopic (exact) mass is 226 g/mol. The van der Waals surface area contributed by atoms with E-state index in [9.17, 15) is 4.79 Å². The Morgan fingerprint density at radius 2 is 2.47 bits per heavy atom. The van der Waals surface area contributed by atoms with Gasteiger partial charge in [0.15, 0.2) is 0 Å². The molecule has 0 aromatic carbocycles. The highest BCUT2D eigenvalue weighted by molar-refractivity contribution is 7.13. The minimum atomic E-state index is -0.906. The maximum Gasteiger partial charge on any atom is 0.365 e. The Hall–Kier alpha value is -0.940. The third-order valence-electron chi connectivity index (χ3n) is 2.53. The summed E-state index contributed by atoms with van der Waals surface area (Å²) in [7, 11) is 0. The SMILES string of the molecule is CCCN1CCc2nc(C(=O)O)sc2C1. The van der Waals surface area contributed by atoms with Gasteiger partial charge in [0.05, 0.1) is 5.69 Å². The van der Waals surface area contributed by atoms with Gasteiger partial charge in [-0.1, -0.05) is 6.92 Å². The second kappa shape index (κ2) is 4.28. The lowest BCUT2D eigenvalue weighted by Gasteiger charge is -2.24. The number of nitrogens with zero attached hydrogens (tertiary/aromatic N) is 2. The van der Waals surface area contributed by atoms with Gasteiger partial charge in [-0.25, -0.2) is 9.78 Å². The molecule has 0 atom stereocenters. The Morgan fingerprint density at radius 3 is 3.13 bits per heavy atom. The summed E-state index contributed by atoms with van der Waals surface area (Å²) in [6, 6.07) is 0. The molecule has 1 aromatic rings. The van der Waals surface area contributed by atoms with E-state index in [0.717, 1.165) is 43.0 Å². The van der Waals surface area contributed by atoms with Crippen LogP contribution in [0.3, 0.4) is 0 Å². The van der Waals surface area contributed by atoms with Crippen molar-refractivity contribution in [1.82, 2.24) is 9.88 Å². The van der Waals surface area contributed by atoms with E-state index in [-0.39, 0.29) is 5.01 Å². The minimum Gasteiger partial charge on any atom is -0.476 e. The van der Waals surface area contributed by atoms with E-state index in [0.29, 0.717) is 0 Å². The Labute approximate surface area is 92.6 Å². The van der Waals surface area contributed by atoms with Crippen molar-refractivity contribution in [2.45, 2.75) is 26.3 Å². The van der Waals surface area contributed by atoms with E-state index in [1.54, 1.807) is 0 Å². The van der Waals surface area contributed by atoms with Crippen molar-refractivity contribution in [3.05, 3.63) is 15.6 Å². The van der Waals surface area contributed by atoms with Gasteiger partial charge in [-0.2, -0.15) is 0 Å². The first kappa shape index (κ1) is 10.6. The Kier molecular flexibility index (Phi) is 3.02.